The first-order chi connectivity index (χ1) is 47.7. The van der Waals surface area contributed by atoms with Gasteiger partial charge in [-0.3, -0.25) is 47.9 Å². The molecule has 0 aromatic rings. The van der Waals surface area contributed by atoms with Crippen molar-refractivity contribution in [1.29, 1.82) is 0 Å². The number of nitrogens with one attached hydrogen (secondary N) is 2. The number of carbonyl (C=O) groups is 10. The van der Waals surface area contributed by atoms with Crippen LogP contribution in [0.2, 0.25) is 0 Å². The first-order valence-electron chi connectivity index (χ1n) is 40.2. The summed E-state index contributed by atoms with van der Waals surface area (Å²) >= 11 is 3.92. The lowest BCUT2D eigenvalue weighted by atomic mass is 9.77. The van der Waals surface area contributed by atoms with Crippen molar-refractivity contribution in [3.63, 3.8) is 0 Å². The topological polar surface area (TPSA) is 220 Å². The second-order valence-electron chi connectivity index (χ2n) is 42.9. The molecule has 10 heterocycles. The van der Waals surface area contributed by atoms with Gasteiger partial charge in [-0.15, -0.1) is 0 Å². The summed E-state index contributed by atoms with van der Waals surface area (Å²) in [4.78, 5) is 138. The standard InChI is InChI=1S/2C17H30N2O2.C17H29NO3.2C17H29NO2S/c1-16(2,3)14(20)13-11-8-7-9-18-12(11)10-19(13)15(21)17(4,5)6;1-16(2,3)14(20)13-12-11(8-7-9-18-12)10-19(13)15(21)17(4,5)6;2*1-16(2,3)14(19)13-12-7-8-21-10-11(12)9-18(13)15(20)17(4,5)6;1-16(2,3)14(19)13-11-8-7-9-21-12(11)10-18(13)15(20)17(4,5)6/h2*11-13,18H,7-10H2,1-6H3;3*11-13H,7-10H2,1-6H3. The SMILES string of the molecule is CC(C)(C)C(=O)C1C2CCCNC2CN1C(=O)C(C)(C)C.CC(C)(C)C(=O)C1C2CCCSC2CN1C(=O)C(C)(C)C.CC(C)(C)C(=O)C1C2CCOCC2CN1C(=O)C(C)(C)C.CC(C)(C)C(=O)C1C2CCSCC2CN1C(=O)C(C)(C)C.CC(C)(C)C(=O)C1C2NCCCC2CN1C(=O)C(C)(C)C. The first kappa shape index (κ1) is 90.2. The van der Waals surface area contributed by atoms with Crippen molar-refractivity contribution < 1.29 is 52.7 Å². The summed E-state index contributed by atoms with van der Waals surface area (Å²) in [6, 6.07) is -0.836. The average Bonchev–Trinajstić information content (AvgIpc) is 1.65. The lowest BCUT2D eigenvalue weighted by molar-refractivity contribution is -0.147. The summed E-state index contributed by atoms with van der Waals surface area (Å²) in [5.74, 6) is 7.41. The number of fused-ring (bicyclic) bond motifs is 5. The normalized spacial score (nSPS) is 30.2. The van der Waals surface area contributed by atoms with Crippen LogP contribution < -0.4 is 10.6 Å². The van der Waals surface area contributed by atoms with E-state index in [0.717, 1.165) is 101 Å². The summed E-state index contributed by atoms with van der Waals surface area (Å²) < 4.78 is 5.56. The maximum Gasteiger partial charge on any atom is 0.228 e. The third-order valence-electron chi connectivity index (χ3n) is 23.1. The lowest BCUT2D eigenvalue weighted by Gasteiger charge is -2.36. The fraction of sp³-hybridized carbons (Fsp3) is 0.882. The van der Waals surface area contributed by atoms with Gasteiger partial charge in [-0.2, -0.15) is 23.5 Å². The van der Waals surface area contributed by atoms with Crippen LogP contribution in [0.25, 0.3) is 0 Å². The van der Waals surface area contributed by atoms with Gasteiger partial charge in [0.25, 0.3) is 0 Å². The van der Waals surface area contributed by atoms with Crippen LogP contribution >= 0.6 is 23.5 Å². The van der Waals surface area contributed by atoms with Crippen molar-refractivity contribution in [3.05, 3.63) is 0 Å². The molecule has 10 rings (SSSR count). The zero-order valence-corrected chi connectivity index (χ0v) is 73.0. The molecule has 10 aliphatic rings. The minimum atomic E-state index is -0.454. The van der Waals surface area contributed by atoms with Crippen LogP contribution in [0, 0.1) is 95.6 Å². The van der Waals surface area contributed by atoms with Gasteiger partial charge in [-0.05, 0) is 105 Å². The molecule has 15 unspecified atom stereocenters. The molecular formula is C85H147N7O11S2. The van der Waals surface area contributed by atoms with E-state index in [9.17, 15) is 47.9 Å². The van der Waals surface area contributed by atoms with Crippen LogP contribution in [0.5, 0.6) is 0 Å². The highest BCUT2D eigenvalue weighted by molar-refractivity contribution is 8.00. The molecule has 0 aromatic heterocycles. The van der Waals surface area contributed by atoms with Crippen LogP contribution in [0.3, 0.4) is 0 Å². The predicted molar refractivity (Wildman–Crippen MR) is 426 cm³/mol. The van der Waals surface area contributed by atoms with E-state index in [-0.39, 0.29) is 118 Å². The highest BCUT2D eigenvalue weighted by Crippen LogP contribution is 2.47. The highest BCUT2D eigenvalue weighted by Gasteiger charge is 2.58. The quantitative estimate of drug-likeness (QED) is 0.261. The van der Waals surface area contributed by atoms with E-state index in [1.807, 2.05) is 256 Å². The molecule has 105 heavy (non-hydrogen) atoms. The molecule has 10 saturated heterocycles. The molecule has 10 aliphatic heterocycles. The lowest BCUT2D eigenvalue weighted by Crippen LogP contribution is -2.56. The monoisotopic (exact) mass is 1510 g/mol. The Hall–Kier alpha value is -3.72. The van der Waals surface area contributed by atoms with Gasteiger partial charge >= 0.3 is 0 Å². The molecule has 18 nitrogen and oxygen atoms in total. The molecular weight excluding hydrogens is 1360 g/mol. The zero-order chi connectivity index (χ0) is 80.0. The second kappa shape index (κ2) is 33.7. The van der Waals surface area contributed by atoms with E-state index in [0.29, 0.717) is 61.1 Å². The number of hydrogen-bond donors (Lipinski definition) is 2. The molecule has 15 atom stereocenters. The fourth-order valence-electron chi connectivity index (χ4n) is 17.3. The van der Waals surface area contributed by atoms with Crippen LogP contribution in [-0.4, -0.2) is 207 Å². The van der Waals surface area contributed by atoms with Gasteiger partial charge in [0, 0.05) is 129 Å². The predicted octanol–water partition coefficient (Wildman–Crippen LogP) is 13.6. The fourth-order valence-corrected chi connectivity index (χ4v) is 20.0. The van der Waals surface area contributed by atoms with Crippen LogP contribution in [0.15, 0.2) is 0 Å². The van der Waals surface area contributed by atoms with Crippen molar-refractivity contribution >= 4 is 82.0 Å². The number of hydrogen-bond acceptors (Lipinski definition) is 15. The Labute approximate surface area is 644 Å². The minimum absolute atomic E-state index is 0.0829. The number of Topliss-reactive ketones (excluding diaryl/α,β-unsaturated/α-hetero) is 5. The van der Waals surface area contributed by atoms with Crippen molar-refractivity contribution in [3.8, 4) is 0 Å². The number of likely N-dealkylation sites (tertiary alicyclic amines) is 5. The number of ether oxygens (including phenoxy) is 1. The Bertz CT molecular complexity index is 2640. The van der Waals surface area contributed by atoms with E-state index in [2.05, 4.69) is 10.6 Å². The number of piperidine rings is 2. The summed E-state index contributed by atoms with van der Waals surface area (Å²) in [6.07, 6.45) is 8.57. The zero-order valence-electron chi connectivity index (χ0n) is 71.3. The maximum absolute atomic E-state index is 13.0. The Morgan fingerprint density at radius 2 is 0.667 bits per heavy atom. The van der Waals surface area contributed by atoms with E-state index >= 15 is 0 Å². The number of thioether (sulfide) groups is 2. The van der Waals surface area contributed by atoms with Gasteiger partial charge in [0.05, 0.1) is 30.8 Å². The number of amides is 5. The Balaban J connectivity index is 0.000000206. The second-order valence-corrected chi connectivity index (χ2v) is 45.4. The van der Waals surface area contributed by atoms with Crippen molar-refractivity contribution in [1.82, 2.24) is 35.1 Å². The number of nitrogens with zero attached hydrogens (tertiary/aromatic N) is 5. The van der Waals surface area contributed by atoms with Gasteiger partial charge < -0.3 is 39.9 Å². The molecule has 2 N–H and O–H groups in total. The summed E-state index contributed by atoms with van der Waals surface area (Å²) in [6.45, 7) is 65.3. The third-order valence-corrected chi connectivity index (χ3v) is 25.7. The van der Waals surface area contributed by atoms with Gasteiger partial charge in [-0.25, -0.2) is 0 Å². The summed E-state index contributed by atoms with van der Waals surface area (Å²) in [7, 11) is 0. The van der Waals surface area contributed by atoms with Gasteiger partial charge in [0.1, 0.15) is 6.04 Å². The molecule has 0 aromatic carbocycles. The minimum Gasteiger partial charge on any atom is -0.381 e. The summed E-state index contributed by atoms with van der Waals surface area (Å²) in [5.41, 5.74) is -4.21. The smallest absolute Gasteiger partial charge is 0.228 e. The highest BCUT2D eigenvalue weighted by atomic mass is 32.2. The van der Waals surface area contributed by atoms with Crippen molar-refractivity contribution in [2.24, 2.45) is 95.6 Å². The first-order valence-corrected chi connectivity index (χ1v) is 42.4. The van der Waals surface area contributed by atoms with Gasteiger partial charge in [0.2, 0.25) is 29.5 Å². The van der Waals surface area contributed by atoms with Crippen molar-refractivity contribution in [2.45, 2.75) is 307 Å². The van der Waals surface area contributed by atoms with Crippen LogP contribution in [0.4, 0.5) is 0 Å². The molecule has 20 heteroatoms. The Morgan fingerprint density at radius 3 is 1.10 bits per heavy atom. The molecule has 0 radical (unpaired) electrons. The van der Waals surface area contributed by atoms with Gasteiger partial charge in [0.15, 0.2) is 28.9 Å². The number of carbonyl (C=O) groups excluding carboxylic acids is 10. The number of ketones is 5. The third kappa shape index (κ3) is 21.7. The van der Waals surface area contributed by atoms with Crippen LogP contribution in [-0.2, 0) is 52.7 Å². The molecule has 600 valence electrons. The average molecular weight is 1510 g/mol. The van der Waals surface area contributed by atoms with Crippen molar-refractivity contribution in [2.75, 3.05) is 76.3 Å². The van der Waals surface area contributed by atoms with E-state index in [4.69, 9.17) is 4.74 Å². The number of rotatable bonds is 5. The Morgan fingerprint density at radius 1 is 0.324 bits per heavy atom. The van der Waals surface area contributed by atoms with Crippen LogP contribution in [0.1, 0.15) is 259 Å². The molecule has 5 amide bonds. The molecule has 0 spiro atoms. The van der Waals surface area contributed by atoms with E-state index in [1.165, 1.54) is 0 Å². The summed E-state index contributed by atoms with van der Waals surface area (Å²) in [5, 5.41) is 7.46. The molecule has 0 saturated carbocycles. The maximum atomic E-state index is 13.0. The molecule has 10 fully saturated rings. The van der Waals surface area contributed by atoms with E-state index < -0.39 is 48.7 Å². The van der Waals surface area contributed by atoms with Gasteiger partial charge in [-0.1, -0.05) is 208 Å². The van der Waals surface area contributed by atoms with E-state index in [1.54, 1.807) is 0 Å². The molecule has 0 aliphatic carbocycles. The molecule has 0 bridgehead atoms. The largest absolute Gasteiger partial charge is 0.381 e. The Kier molecular flexibility index (Phi) is 28.9.